The summed E-state index contributed by atoms with van der Waals surface area (Å²) in [5.41, 5.74) is 5.47. The van der Waals surface area contributed by atoms with Crippen molar-refractivity contribution in [3.05, 3.63) is 5.82 Å². The number of nitrogens with zero attached hydrogens (tertiary/aromatic N) is 3. The maximum Gasteiger partial charge on any atom is 0.191 e. The number of hydrogen-bond acceptors (Lipinski definition) is 4. The van der Waals surface area contributed by atoms with Gasteiger partial charge in [0.1, 0.15) is 5.82 Å². The Hall–Kier alpha value is -0.620. The van der Waals surface area contributed by atoms with Crippen LogP contribution >= 0.6 is 11.8 Å². The Kier molecular flexibility index (Phi) is 4.89. The van der Waals surface area contributed by atoms with Crippen LogP contribution in [0.1, 0.15) is 12.2 Å². The van der Waals surface area contributed by atoms with Gasteiger partial charge in [-0.2, -0.15) is 0 Å². The van der Waals surface area contributed by atoms with Gasteiger partial charge in [-0.05, 0) is 13.3 Å². The van der Waals surface area contributed by atoms with E-state index in [0.717, 1.165) is 23.3 Å². The van der Waals surface area contributed by atoms with Gasteiger partial charge in [-0.1, -0.05) is 11.8 Å². The first-order chi connectivity index (χ1) is 6.79. The molecule has 0 unspecified atom stereocenters. The molecule has 0 aliphatic carbocycles. The van der Waals surface area contributed by atoms with Crippen molar-refractivity contribution in [1.82, 2.24) is 14.8 Å². The monoisotopic (exact) mass is 218 g/mol. The first kappa shape index (κ1) is 11.5. The topological polar surface area (TPSA) is 56.7 Å². The van der Waals surface area contributed by atoms with Gasteiger partial charge in [0.2, 0.25) is 0 Å². The van der Waals surface area contributed by atoms with E-state index in [1.807, 2.05) is 11.5 Å². The average Bonchev–Trinajstić information content (AvgIpc) is 2.51. The maximum absolute atomic E-state index is 11.9. The number of aryl methyl sites for hydroxylation is 1. The SMILES string of the molecule is Cc1nnc(SCCCF)n1CCN. The molecule has 0 aliphatic rings. The van der Waals surface area contributed by atoms with E-state index in [9.17, 15) is 4.39 Å². The molecule has 1 rings (SSSR count). The van der Waals surface area contributed by atoms with E-state index in [2.05, 4.69) is 10.2 Å². The highest BCUT2D eigenvalue weighted by Gasteiger charge is 2.07. The summed E-state index contributed by atoms with van der Waals surface area (Å²) in [6.45, 7) is 2.89. The van der Waals surface area contributed by atoms with E-state index in [1.165, 1.54) is 11.8 Å². The predicted molar refractivity (Wildman–Crippen MR) is 55.1 cm³/mol. The zero-order chi connectivity index (χ0) is 10.4. The Balaban J connectivity index is 2.56. The lowest BCUT2D eigenvalue weighted by molar-refractivity contribution is 0.489. The van der Waals surface area contributed by atoms with Crippen LogP contribution in [-0.4, -0.2) is 33.7 Å². The van der Waals surface area contributed by atoms with Crippen LogP contribution in [0.15, 0.2) is 5.16 Å². The van der Waals surface area contributed by atoms with E-state index in [0.29, 0.717) is 13.0 Å². The molecule has 1 aromatic heterocycles. The van der Waals surface area contributed by atoms with Gasteiger partial charge in [0.05, 0.1) is 6.67 Å². The molecule has 1 heterocycles. The van der Waals surface area contributed by atoms with Crippen LogP contribution in [0.4, 0.5) is 4.39 Å². The van der Waals surface area contributed by atoms with Crippen LogP contribution in [0.2, 0.25) is 0 Å². The molecule has 0 radical (unpaired) electrons. The van der Waals surface area contributed by atoms with Gasteiger partial charge in [-0.25, -0.2) is 0 Å². The highest BCUT2D eigenvalue weighted by Crippen LogP contribution is 2.17. The van der Waals surface area contributed by atoms with Crippen molar-refractivity contribution in [2.75, 3.05) is 19.0 Å². The lowest BCUT2D eigenvalue weighted by atomic mass is 10.6. The standard InChI is InChI=1S/C8H15FN4S/c1-7-11-12-8(13(7)5-4-10)14-6-2-3-9/h2-6,10H2,1H3. The van der Waals surface area contributed by atoms with Crippen molar-refractivity contribution in [2.45, 2.75) is 25.0 Å². The smallest absolute Gasteiger partial charge is 0.191 e. The molecule has 0 saturated carbocycles. The quantitative estimate of drug-likeness (QED) is 0.571. The second-order valence-electron chi connectivity index (χ2n) is 2.86. The van der Waals surface area contributed by atoms with Gasteiger partial charge in [0, 0.05) is 18.8 Å². The van der Waals surface area contributed by atoms with Crippen LogP contribution in [0.5, 0.6) is 0 Å². The minimum Gasteiger partial charge on any atom is -0.329 e. The summed E-state index contributed by atoms with van der Waals surface area (Å²) in [4.78, 5) is 0. The summed E-state index contributed by atoms with van der Waals surface area (Å²) in [6.07, 6.45) is 0.555. The summed E-state index contributed by atoms with van der Waals surface area (Å²) in [7, 11) is 0. The maximum atomic E-state index is 11.9. The Bertz CT molecular complexity index is 276. The number of thioether (sulfide) groups is 1. The largest absolute Gasteiger partial charge is 0.329 e. The van der Waals surface area contributed by atoms with E-state index < -0.39 is 0 Å². The summed E-state index contributed by atoms with van der Waals surface area (Å²) in [5, 5.41) is 8.80. The van der Waals surface area contributed by atoms with Crippen LogP contribution < -0.4 is 5.73 Å². The molecule has 4 nitrogen and oxygen atoms in total. The van der Waals surface area contributed by atoms with Crippen molar-refractivity contribution in [1.29, 1.82) is 0 Å². The van der Waals surface area contributed by atoms with E-state index in [-0.39, 0.29) is 6.67 Å². The van der Waals surface area contributed by atoms with Gasteiger partial charge >= 0.3 is 0 Å². The molecule has 80 valence electrons. The Morgan fingerprint density at radius 1 is 1.50 bits per heavy atom. The van der Waals surface area contributed by atoms with E-state index in [4.69, 9.17) is 5.73 Å². The molecular weight excluding hydrogens is 203 g/mol. The third-order valence-corrected chi connectivity index (χ3v) is 2.82. The highest BCUT2D eigenvalue weighted by molar-refractivity contribution is 7.99. The van der Waals surface area contributed by atoms with E-state index >= 15 is 0 Å². The van der Waals surface area contributed by atoms with Crippen molar-refractivity contribution in [3.8, 4) is 0 Å². The van der Waals surface area contributed by atoms with Gasteiger partial charge < -0.3 is 10.3 Å². The summed E-state index contributed by atoms with van der Waals surface area (Å²) < 4.78 is 13.8. The van der Waals surface area contributed by atoms with Crippen LogP contribution in [0, 0.1) is 6.92 Å². The van der Waals surface area contributed by atoms with Crippen LogP contribution in [0.3, 0.4) is 0 Å². The summed E-state index contributed by atoms with van der Waals surface area (Å²) in [5.74, 6) is 1.59. The molecule has 1 aromatic rings. The number of aromatic nitrogens is 3. The third-order valence-electron chi connectivity index (χ3n) is 1.76. The Morgan fingerprint density at radius 2 is 2.29 bits per heavy atom. The average molecular weight is 218 g/mol. The van der Waals surface area contributed by atoms with E-state index in [1.54, 1.807) is 0 Å². The number of hydrogen-bond donors (Lipinski definition) is 1. The summed E-state index contributed by atoms with van der Waals surface area (Å²) in [6, 6.07) is 0. The molecule has 0 atom stereocenters. The zero-order valence-electron chi connectivity index (χ0n) is 8.24. The fraction of sp³-hybridized carbons (Fsp3) is 0.750. The minimum atomic E-state index is -0.281. The van der Waals surface area contributed by atoms with Gasteiger partial charge in [-0.3, -0.25) is 4.39 Å². The number of halogens is 1. The molecular formula is C8H15FN4S. The molecule has 2 N–H and O–H groups in total. The fourth-order valence-corrected chi connectivity index (χ4v) is 1.99. The second kappa shape index (κ2) is 5.98. The van der Waals surface area contributed by atoms with Gasteiger partial charge in [0.15, 0.2) is 5.16 Å². The van der Waals surface area contributed by atoms with Crippen LogP contribution in [0.25, 0.3) is 0 Å². The third kappa shape index (κ3) is 2.95. The number of rotatable bonds is 6. The van der Waals surface area contributed by atoms with Crippen molar-refractivity contribution < 1.29 is 4.39 Å². The first-order valence-corrected chi connectivity index (χ1v) is 5.56. The molecule has 6 heteroatoms. The number of alkyl halides is 1. The van der Waals surface area contributed by atoms with Crippen molar-refractivity contribution >= 4 is 11.8 Å². The first-order valence-electron chi connectivity index (χ1n) is 4.58. The predicted octanol–water partition coefficient (Wildman–Crippen LogP) is 0.997. The van der Waals surface area contributed by atoms with Gasteiger partial charge in [-0.15, -0.1) is 10.2 Å². The minimum absolute atomic E-state index is 0.281. The molecule has 0 amide bonds. The number of nitrogens with two attached hydrogens (primary N) is 1. The molecule has 14 heavy (non-hydrogen) atoms. The lowest BCUT2D eigenvalue weighted by Crippen LogP contribution is -2.12. The zero-order valence-corrected chi connectivity index (χ0v) is 9.06. The normalized spacial score (nSPS) is 10.8. The van der Waals surface area contributed by atoms with Crippen molar-refractivity contribution in [2.24, 2.45) is 5.73 Å². The van der Waals surface area contributed by atoms with Crippen molar-refractivity contribution in [3.63, 3.8) is 0 Å². The lowest BCUT2D eigenvalue weighted by Gasteiger charge is -2.05. The molecule has 0 aromatic carbocycles. The Morgan fingerprint density at radius 3 is 2.93 bits per heavy atom. The van der Waals surface area contributed by atoms with Crippen LogP contribution in [-0.2, 0) is 6.54 Å². The molecule has 0 spiro atoms. The summed E-state index contributed by atoms with van der Waals surface area (Å²) >= 11 is 1.53. The molecule has 0 fully saturated rings. The highest BCUT2D eigenvalue weighted by atomic mass is 32.2. The van der Waals surface area contributed by atoms with Gasteiger partial charge in [0.25, 0.3) is 0 Å². The Labute approximate surface area is 87.1 Å². The second-order valence-corrected chi connectivity index (χ2v) is 3.92. The fourth-order valence-electron chi connectivity index (χ4n) is 1.07. The molecule has 0 aliphatic heterocycles. The molecule has 0 bridgehead atoms. The molecule has 0 saturated heterocycles.